The van der Waals surface area contributed by atoms with E-state index in [2.05, 4.69) is 25.7 Å². The minimum Gasteiger partial charge on any atom is -0.507 e. The van der Waals surface area contributed by atoms with Crippen LogP contribution in [-0.2, 0) is 11.0 Å². The van der Waals surface area contributed by atoms with Crippen LogP contribution in [0.2, 0.25) is 0 Å². The lowest BCUT2D eigenvalue weighted by molar-refractivity contribution is -0.137. The van der Waals surface area contributed by atoms with E-state index < -0.39 is 17.5 Å². The number of amides is 1. The lowest BCUT2D eigenvalue weighted by Crippen LogP contribution is -2.47. The number of hydrogen-bond acceptors (Lipinski definition) is 7. The third kappa shape index (κ3) is 5.27. The Morgan fingerprint density at radius 2 is 1.92 bits per heavy atom. The number of aromatic nitrogens is 2. The number of anilines is 1. The van der Waals surface area contributed by atoms with Crippen molar-refractivity contribution in [3.63, 3.8) is 0 Å². The Morgan fingerprint density at radius 1 is 1.17 bits per heavy atom. The van der Waals surface area contributed by atoms with Crippen LogP contribution in [0.4, 0.5) is 19.0 Å². The van der Waals surface area contributed by atoms with E-state index in [1.165, 1.54) is 6.07 Å². The number of aryl methyl sites for hydroxylation is 1. The number of nitrogens with zero attached hydrogens (tertiary/aromatic N) is 4. The van der Waals surface area contributed by atoms with E-state index in [0.29, 0.717) is 41.5 Å². The molecule has 3 atom stereocenters. The van der Waals surface area contributed by atoms with Crippen LogP contribution in [0.5, 0.6) is 5.75 Å². The molecule has 3 fully saturated rings. The molecule has 3 saturated heterocycles. The second kappa shape index (κ2) is 9.85. The first-order valence-electron chi connectivity index (χ1n) is 12.4. The van der Waals surface area contributed by atoms with Gasteiger partial charge in [0.25, 0.3) is 0 Å². The molecule has 1 aromatic carbocycles. The van der Waals surface area contributed by atoms with E-state index in [9.17, 15) is 23.1 Å². The Bertz CT molecular complexity index is 1120. The van der Waals surface area contributed by atoms with Crippen molar-refractivity contribution in [2.45, 2.75) is 32.0 Å². The van der Waals surface area contributed by atoms with Crippen molar-refractivity contribution in [2.75, 3.05) is 51.1 Å². The van der Waals surface area contributed by atoms with Crippen LogP contribution in [0.3, 0.4) is 0 Å². The molecule has 36 heavy (non-hydrogen) atoms. The van der Waals surface area contributed by atoms with Crippen LogP contribution in [0.25, 0.3) is 11.3 Å². The van der Waals surface area contributed by atoms with Crippen molar-refractivity contribution >= 4 is 11.7 Å². The fourth-order valence-electron chi connectivity index (χ4n) is 5.61. The van der Waals surface area contributed by atoms with Gasteiger partial charge in [-0.25, -0.2) is 0 Å². The molecule has 3 N–H and O–H groups in total. The fourth-order valence-corrected chi connectivity index (χ4v) is 5.61. The van der Waals surface area contributed by atoms with Gasteiger partial charge in [-0.3, -0.25) is 9.69 Å². The van der Waals surface area contributed by atoms with Crippen molar-refractivity contribution < 1.29 is 23.1 Å². The number of fused-ring (bicyclic) bond motifs is 1. The highest BCUT2D eigenvalue weighted by molar-refractivity contribution is 5.78. The normalized spacial score (nSPS) is 24.7. The van der Waals surface area contributed by atoms with Gasteiger partial charge in [0, 0.05) is 44.3 Å². The Labute approximate surface area is 207 Å². The summed E-state index contributed by atoms with van der Waals surface area (Å²) in [6.45, 7) is 7.49. The van der Waals surface area contributed by atoms with E-state index in [4.69, 9.17) is 0 Å². The van der Waals surface area contributed by atoms with Gasteiger partial charge >= 0.3 is 6.18 Å². The first-order valence-corrected chi connectivity index (χ1v) is 12.4. The number of carbonyl (C=O) groups is 1. The van der Waals surface area contributed by atoms with E-state index in [1.54, 1.807) is 13.0 Å². The quantitative estimate of drug-likeness (QED) is 0.577. The summed E-state index contributed by atoms with van der Waals surface area (Å²) < 4.78 is 38.7. The number of likely N-dealkylation sites (tertiary alicyclic amines) is 2. The number of rotatable bonds is 5. The number of phenolic OH excluding ortho intramolecular Hbond substituents is 1. The van der Waals surface area contributed by atoms with E-state index in [1.807, 2.05) is 4.90 Å². The van der Waals surface area contributed by atoms with Crippen LogP contribution in [0, 0.1) is 18.8 Å². The number of nitrogens with one attached hydrogen (secondary N) is 2. The second-order valence-corrected chi connectivity index (χ2v) is 10.2. The highest BCUT2D eigenvalue weighted by atomic mass is 19.4. The minimum absolute atomic E-state index is 0.104. The number of halogens is 3. The molecule has 0 aliphatic carbocycles. The molecule has 0 saturated carbocycles. The standard InChI is InChI=1S/C25H31F3N6O2/c1-15-7-22(31-32-24(15)20-5-4-18(8-21(20)35)25(26,27)28)30-19-3-2-6-33(13-19)14-23(36)34-11-16-9-29-10-17(16)12-34/h4-5,7-8,16-17,19,29,35H,2-3,6,9-14H2,1H3,(H,30,31)/t16-,17+,19-/m1/s1. The Hall–Kier alpha value is -2.92. The van der Waals surface area contributed by atoms with Gasteiger partial charge in [0.2, 0.25) is 5.91 Å². The van der Waals surface area contributed by atoms with Crippen LogP contribution in [0.1, 0.15) is 24.0 Å². The fraction of sp³-hybridized carbons (Fsp3) is 0.560. The third-order valence-corrected chi connectivity index (χ3v) is 7.52. The number of alkyl halides is 3. The van der Waals surface area contributed by atoms with Crippen molar-refractivity contribution in [1.82, 2.24) is 25.3 Å². The molecule has 4 heterocycles. The topological polar surface area (TPSA) is 93.6 Å². The average molecular weight is 505 g/mol. The number of phenols is 1. The average Bonchev–Trinajstić information content (AvgIpc) is 3.42. The monoisotopic (exact) mass is 504 g/mol. The SMILES string of the molecule is Cc1cc(N[C@@H]2CCCN(CC(=O)N3C[C@H]4CNC[C@H]4C3)C2)nnc1-c1ccc(C(F)(F)F)cc1O. The van der Waals surface area contributed by atoms with E-state index in [0.717, 1.165) is 58.2 Å². The molecule has 5 rings (SSSR count). The second-order valence-electron chi connectivity index (χ2n) is 10.2. The molecule has 0 radical (unpaired) electrons. The summed E-state index contributed by atoms with van der Waals surface area (Å²) in [6.07, 6.45) is -2.63. The summed E-state index contributed by atoms with van der Waals surface area (Å²) in [5.74, 6) is 1.42. The molecule has 3 aliphatic rings. The molecule has 1 aromatic heterocycles. The molecule has 0 spiro atoms. The first-order chi connectivity index (χ1) is 17.2. The molecule has 3 aliphatic heterocycles. The first kappa shape index (κ1) is 24.8. The Kier molecular flexibility index (Phi) is 6.78. The zero-order valence-corrected chi connectivity index (χ0v) is 20.2. The maximum Gasteiger partial charge on any atom is 0.416 e. The van der Waals surface area contributed by atoms with Gasteiger partial charge in [-0.15, -0.1) is 10.2 Å². The predicted octanol–water partition coefficient (Wildman–Crippen LogP) is 2.73. The Morgan fingerprint density at radius 3 is 2.58 bits per heavy atom. The van der Waals surface area contributed by atoms with Gasteiger partial charge in [0.1, 0.15) is 11.6 Å². The van der Waals surface area contributed by atoms with Gasteiger partial charge in [-0.2, -0.15) is 13.2 Å². The summed E-state index contributed by atoms with van der Waals surface area (Å²) >= 11 is 0. The lowest BCUT2D eigenvalue weighted by Gasteiger charge is -2.34. The molecule has 1 amide bonds. The summed E-state index contributed by atoms with van der Waals surface area (Å²) in [6, 6.07) is 4.72. The highest BCUT2D eigenvalue weighted by Gasteiger charge is 2.38. The van der Waals surface area contributed by atoms with Gasteiger partial charge in [-0.05, 0) is 68.0 Å². The van der Waals surface area contributed by atoms with Gasteiger partial charge in [0.05, 0.1) is 17.8 Å². The van der Waals surface area contributed by atoms with Crippen LogP contribution >= 0.6 is 0 Å². The van der Waals surface area contributed by atoms with E-state index >= 15 is 0 Å². The maximum atomic E-state index is 12.9. The number of aromatic hydroxyl groups is 1. The van der Waals surface area contributed by atoms with Crippen molar-refractivity contribution in [3.05, 3.63) is 35.4 Å². The zero-order valence-electron chi connectivity index (χ0n) is 20.2. The molecular weight excluding hydrogens is 473 g/mol. The summed E-state index contributed by atoms with van der Waals surface area (Å²) in [5, 5.41) is 25.3. The molecule has 194 valence electrons. The molecule has 2 aromatic rings. The number of benzene rings is 1. The third-order valence-electron chi connectivity index (χ3n) is 7.52. The number of piperidine rings is 1. The number of hydrogen-bond donors (Lipinski definition) is 3. The van der Waals surface area contributed by atoms with Gasteiger partial charge in [0.15, 0.2) is 0 Å². The van der Waals surface area contributed by atoms with Gasteiger partial charge in [-0.1, -0.05) is 0 Å². The maximum absolute atomic E-state index is 12.9. The lowest BCUT2D eigenvalue weighted by atomic mass is 10.0. The highest BCUT2D eigenvalue weighted by Crippen LogP contribution is 2.37. The Balaban J connectivity index is 1.19. The molecule has 0 bridgehead atoms. The molecule has 11 heteroatoms. The van der Waals surface area contributed by atoms with Crippen LogP contribution in [-0.4, -0.2) is 82.9 Å². The molecule has 8 nitrogen and oxygen atoms in total. The van der Waals surface area contributed by atoms with Crippen molar-refractivity contribution in [3.8, 4) is 17.0 Å². The summed E-state index contributed by atoms with van der Waals surface area (Å²) in [7, 11) is 0. The van der Waals surface area contributed by atoms with E-state index in [-0.39, 0.29) is 17.5 Å². The minimum atomic E-state index is -4.53. The van der Waals surface area contributed by atoms with Crippen molar-refractivity contribution in [2.24, 2.45) is 11.8 Å². The molecular formula is C25H31F3N6O2. The van der Waals surface area contributed by atoms with Crippen LogP contribution < -0.4 is 10.6 Å². The zero-order chi connectivity index (χ0) is 25.4. The van der Waals surface area contributed by atoms with Crippen LogP contribution in [0.15, 0.2) is 24.3 Å². The van der Waals surface area contributed by atoms with Gasteiger partial charge < -0.3 is 20.6 Å². The number of carbonyl (C=O) groups excluding carboxylic acids is 1. The predicted molar refractivity (Wildman–Crippen MR) is 128 cm³/mol. The summed E-state index contributed by atoms with van der Waals surface area (Å²) in [5.41, 5.74) is 0.286. The summed E-state index contributed by atoms with van der Waals surface area (Å²) in [4.78, 5) is 17.1. The largest absolute Gasteiger partial charge is 0.507 e. The smallest absolute Gasteiger partial charge is 0.416 e. The van der Waals surface area contributed by atoms with Crippen molar-refractivity contribution in [1.29, 1.82) is 0 Å². The molecule has 0 unspecified atom stereocenters.